The first-order valence-corrected chi connectivity index (χ1v) is 5.42. The fourth-order valence-corrected chi connectivity index (χ4v) is 1.20. The highest BCUT2D eigenvalue weighted by atomic mass is 19.1. The molecule has 0 saturated heterocycles. The summed E-state index contributed by atoms with van der Waals surface area (Å²) in [5, 5.41) is 3.93. The van der Waals surface area contributed by atoms with Crippen molar-refractivity contribution < 1.29 is 14.0 Å². The SMILES string of the molecule is CO/N=C(\COc1cccc(F)c1)C(C)(C)C. The van der Waals surface area contributed by atoms with E-state index in [1.165, 1.54) is 19.2 Å². The third kappa shape index (κ3) is 4.43. The summed E-state index contributed by atoms with van der Waals surface area (Å²) in [4.78, 5) is 4.78. The Labute approximate surface area is 101 Å². The highest BCUT2D eigenvalue weighted by molar-refractivity contribution is 5.90. The minimum atomic E-state index is -0.316. The molecule has 4 heteroatoms. The highest BCUT2D eigenvalue weighted by Gasteiger charge is 2.20. The van der Waals surface area contributed by atoms with Gasteiger partial charge in [-0.2, -0.15) is 0 Å². The van der Waals surface area contributed by atoms with Crippen molar-refractivity contribution in [3.05, 3.63) is 30.1 Å². The van der Waals surface area contributed by atoms with Crippen LogP contribution in [0.15, 0.2) is 29.4 Å². The Morgan fingerprint density at radius 2 is 2.06 bits per heavy atom. The van der Waals surface area contributed by atoms with Crippen molar-refractivity contribution in [2.75, 3.05) is 13.7 Å². The highest BCUT2D eigenvalue weighted by Crippen LogP contribution is 2.18. The van der Waals surface area contributed by atoms with Gasteiger partial charge in [0.25, 0.3) is 0 Å². The second kappa shape index (κ2) is 5.66. The average molecular weight is 239 g/mol. The Hall–Kier alpha value is -1.58. The molecular weight excluding hydrogens is 221 g/mol. The molecule has 3 nitrogen and oxygen atoms in total. The maximum Gasteiger partial charge on any atom is 0.130 e. The maximum absolute atomic E-state index is 12.9. The Bertz CT molecular complexity index is 397. The van der Waals surface area contributed by atoms with Crippen LogP contribution >= 0.6 is 0 Å². The van der Waals surface area contributed by atoms with Crippen molar-refractivity contribution >= 4 is 5.71 Å². The fraction of sp³-hybridized carbons (Fsp3) is 0.462. The summed E-state index contributed by atoms with van der Waals surface area (Å²) in [6, 6.07) is 6.03. The molecule has 17 heavy (non-hydrogen) atoms. The van der Waals surface area contributed by atoms with E-state index in [1.807, 2.05) is 20.8 Å². The molecule has 0 spiro atoms. The molecular formula is C13H18FNO2. The zero-order valence-corrected chi connectivity index (χ0v) is 10.7. The normalized spacial score (nSPS) is 12.4. The molecule has 0 aliphatic heterocycles. The van der Waals surface area contributed by atoms with Gasteiger partial charge in [-0.1, -0.05) is 32.0 Å². The van der Waals surface area contributed by atoms with E-state index in [0.29, 0.717) is 5.75 Å². The van der Waals surface area contributed by atoms with Crippen LogP contribution < -0.4 is 4.74 Å². The first-order valence-electron chi connectivity index (χ1n) is 5.42. The Kier molecular flexibility index (Phi) is 4.49. The van der Waals surface area contributed by atoms with E-state index in [0.717, 1.165) is 5.71 Å². The largest absolute Gasteiger partial charge is 0.487 e. The summed E-state index contributed by atoms with van der Waals surface area (Å²) in [5.41, 5.74) is 0.618. The lowest BCUT2D eigenvalue weighted by Gasteiger charge is -2.20. The molecule has 0 amide bonds. The number of nitrogens with zero attached hydrogens (tertiary/aromatic N) is 1. The van der Waals surface area contributed by atoms with Crippen LogP contribution in [0, 0.1) is 11.2 Å². The number of oxime groups is 1. The van der Waals surface area contributed by atoms with Gasteiger partial charge in [-0.05, 0) is 12.1 Å². The van der Waals surface area contributed by atoms with Gasteiger partial charge in [0.05, 0.1) is 5.71 Å². The number of hydrogen-bond donors (Lipinski definition) is 0. The number of ether oxygens (including phenoxy) is 1. The fourth-order valence-electron chi connectivity index (χ4n) is 1.20. The smallest absolute Gasteiger partial charge is 0.130 e. The first-order chi connectivity index (χ1) is 7.93. The molecule has 1 aromatic carbocycles. The van der Waals surface area contributed by atoms with Gasteiger partial charge in [0, 0.05) is 11.5 Å². The average Bonchev–Trinajstić information content (AvgIpc) is 2.22. The minimum Gasteiger partial charge on any atom is -0.487 e. The van der Waals surface area contributed by atoms with Gasteiger partial charge in [0.1, 0.15) is 25.3 Å². The van der Waals surface area contributed by atoms with Gasteiger partial charge < -0.3 is 9.57 Å². The van der Waals surface area contributed by atoms with Crippen molar-refractivity contribution in [2.24, 2.45) is 10.6 Å². The second-order valence-electron chi connectivity index (χ2n) is 4.72. The van der Waals surface area contributed by atoms with E-state index >= 15 is 0 Å². The Morgan fingerprint density at radius 3 is 2.59 bits per heavy atom. The summed E-state index contributed by atoms with van der Waals surface area (Å²) in [5.74, 6) is 0.168. The Balaban J connectivity index is 2.68. The molecule has 0 unspecified atom stereocenters. The standard InChI is InChI=1S/C13H18FNO2/c1-13(2,3)12(15-16-4)9-17-11-7-5-6-10(14)8-11/h5-8H,9H2,1-4H3/b15-12+. The van der Waals surface area contributed by atoms with Crippen molar-refractivity contribution in [2.45, 2.75) is 20.8 Å². The lowest BCUT2D eigenvalue weighted by Crippen LogP contribution is -2.27. The molecule has 0 saturated carbocycles. The third-order valence-corrected chi connectivity index (χ3v) is 2.24. The molecule has 94 valence electrons. The molecule has 0 aromatic heterocycles. The van der Waals surface area contributed by atoms with Gasteiger partial charge in [0.15, 0.2) is 0 Å². The minimum absolute atomic E-state index is 0.149. The van der Waals surface area contributed by atoms with Crippen molar-refractivity contribution in [1.82, 2.24) is 0 Å². The number of halogens is 1. The molecule has 1 aromatic rings. The van der Waals surface area contributed by atoms with E-state index in [1.54, 1.807) is 12.1 Å². The van der Waals surface area contributed by atoms with E-state index in [2.05, 4.69) is 5.16 Å². The molecule has 0 fully saturated rings. The molecule has 0 atom stereocenters. The van der Waals surface area contributed by atoms with E-state index < -0.39 is 0 Å². The number of rotatable bonds is 4. The molecule has 0 N–H and O–H groups in total. The quantitative estimate of drug-likeness (QED) is 0.596. The van der Waals surface area contributed by atoms with Crippen LogP contribution in [0.25, 0.3) is 0 Å². The Morgan fingerprint density at radius 1 is 1.35 bits per heavy atom. The maximum atomic E-state index is 12.9. The van der Waals surface area contributed by atoms with Gasteiger partial charge in [0.2, 0.25) is 0 Å². The predicted octanol–water partition coefficient (Wildman–Crippen LogP) is 3.25. The molecule has 0 aliphatic carbocycles. The van der Waals surface area contributed by atoms with Crippen molar-refractivity contribution in [3.63, 3.8) is 0 Å². The second-order valence-corrected chi connectivity index (χ2v) is 4.72. The number of hydrogen-bond acceptors (Lipinski definition) is 3. The lowest BCUT2D eigenvalue weighted by molar-refractivity contribution is 0.204. The molecule has 0 aliphatic rings. The van der Waals surface area contributed by atoms with Crippen LogP contribution in [-0.4, -0.2) is 19.4 Å². The van der Waals surface area contributed by atoms with Gasteiger partial charge in [-0.15, -0.1) is 0 Å². The first kappa shape index (κ1) is 13.5. The zero-order chi connectivity index (χ0) is 12.9. The van der Waals surface area contributed by atoms with E-state index in [4.69, 9.17) is 9.57 Å². The van der Waals surface area contributed by atoms with Crippen LogP contribution in [0.2, 0.25) is 0 Å². The van der Waals surface area contributed by atoms with Crippen LogP contribution in [-0.2, 0) is 4.84 Å². The van der Waals surface area contributed by atoms with Gasteiger partial charge >= 0.3 is 0 Å². The zero-order valence-electron chi connectivity index (χ0n) is 10.7. The lowest BCUT2D eigenvalue weighted by atomic mass is 9.90. The van der Waals surface area contributed by atoms with Crippen LogP contribution in [0.3, 0.4) is 0 Å². The third-order valence-electron chi connectivity index (χ3n) is 2.24. The molecule has 1 rings (SSSR count). The van der Waals surface area contributed by atoms with Gasteiger partial charge in [-0.25, -0.2) is 4.39 Å². The molecule has 0 radical (unpaired) electrons. The molecule has 0 bridgehead atoms. The summed E-state index contributed by atoms with van der Waals surface area (Å²) >= 11 is 0. The summed E-state index contributed by atoms with van der Waals surface area (Å²) in [7, 11) is 1.49. The van der Waals surface area contributed by atoms with Crippen LogP contribution in [0.4, 0.5) is 4.39 Å². The summed E-state index contributed by atoms with van der Waals surface area (Å²) < 4.78 is 18.4. The summed E-state index contributed by atoms with van der Waals surface area (Å²) in [6.45, 7) is 6.32. The van der Waals surface area contributed by atoms with Crippen molar-refractivity contribution in [3.8, 4) is 5.75 Å². The van der Waals surface area contributed by atoms with Gasteiger partial charge in [-0.3, -0.25) is 0 Å². The topological polar surface area (TPSA) is 30.8 Å². The monoisotopic (exact) mass is 239 g/mol. The van der Waals surface area contributed by atoms with Crippen LogP contribution in [0.5, 0.6) is 5.75 Å². The van der Waals surface area contributed by atoms with E-state index in [-0.39, 0.29) is 17.8 Å². The van der Waals surface area contributed by atoms with Crippen LogP contribution in [0.1, 0.15) is 20.8 Å². The predicted molar refractivity (Wildman–Crippen MR) is 65.8 cm³/mol. The van der Waals surface area contributed by atoms with Crippen molar-refractivity contribution in [1.29, 1.82) is 0 Å². The summed E-state index contributed by atoms with van der Waals surface area (Å²) in [6.07, 6.45) is 0. The molecule has 0 heterocycles. The van der Waals surface area contributed by atoms with E-state index in [9.17, 15) is 4.39 Å². The number of benzene rings is 1.